The molecule has 0 saturated carbocycles. The normalized spacial score (nSPS) is 10.8. The van der Waals surface area contributed by atoms with Gasteiger partial charge >= 0.3 is 0 Å². The van der Waals surface area contributed by atoms with Gasteiger partial charge in [-0.25, -0.2) is 9.97 Å². The highest BCUT2D eigenvalue weighted by Gasteiger charge is 2.14. The second-order valence-electron chi connectivity index (χ2n) is 6.85. The highest BCUT2D eigenvalue weighted by atomic mass is 15.0. The van der Waals surface area contributed by atoms with Crippen molar-refractivity contribution in [2.75, 3.05) is 5.32 Å². The van der Waals surface area contributed by atoms with Crippen molar-refractivity contribution >= 4 is 16.7 Å². The third-order valence-electron chi connectivity index (χ3n) is 4.87. The van der Waals surface area contributed by atoms with E-state index in [4.69, 9.17) is 9.97 Å². The summed E-state index contributed by atoms with van der Waals surface area (Å²) in [6.45, 7) is 0.567. The fourth-order valence-corrected chi connectivity index (χ4v) is 3.46. The number of nitrogens with one attached hydrogen (secondary N) is 1. The van der Waals surface area contributed by atoms with Gasteiger partial charge in [-0.2, -0.15) is 0 Å². The van der Waals surface area contributed by atoms with Gasteiger partial charge in [0, 0.05) is 12.4 Å². The molecule has 0 atom stereocenters. The minimum Gasteiger partial charge on any atom is -0.364 e. The summed E-state index contributed by atoms with van der Waals surface area (Å²) in [5, 5.41) is 4.47. The predicted molar refractivity (Wildman–Crippen MR) is 120 cm³/mol. The van der Waals surface area contributed by atoms with Crippen LogP contribution in [0, 0.1) is 0 Å². The highest BCUT2D eigenvalue weighted by molar-refractivity contribution is 6.02. The lowest BCUT2D eigenvalue weighted by Gasteiger charge is -2.14. The molecule has 5 heteroatoms. The Morgan fingerprint density at radius 2 is 1.47 bits per heavy atom. The lowest BCUT2D eigenvalue weighted by molar-refractivity contribution is 1.03. The molecule has 0 saturated heterocycles. The van der Waals surface area contributed by atoms with Crippen LogP contribution in [-0.2, 0) is 6.54 Å². The number of nitrogens with zero attached hydrogens (tertiary/aromatic N) is 4. The van der Waals surface area contributed by atoms with Crippen LogP contribution in [0.4, 0.5) is 5.82 Å². The van der Waals surface area contributed by atoms with Crippen molar-refractivity contribution in [3.8, 4) is 22.6 Å². The molecule has 1 N–H and O–H groups in total. The number of anilines is 1. The Morgan fingerprint density at radius 1 is 0.667 bits per heavy atom. The van der Waals surface area contributed by atoms with E-state index in [9.17, 15) is 0 Å². The molecule has 0 aliphatic heterocycles. The number of pyridine rings is 2. The monoisotopic (exact) mass is 389 g/mol. The van der Waals surface area contributed by atoms with E-state index in [0.717, 1.165) is 39.2 Å². The van der Waals surface area contributed by atoms with Crippen LogP contribution in [0.2, 0.25) is 0 Å². The van der Waals surface area contributed by atoms with Crippen molar-refractivity contribution in [2.45, 2.75) is 6.54 Å². The van der Waals surface area contributed by atoms with E-state index >= 15 is 0 Å². The molecule has 0 bridgehead atoms. The zero-order valence-electron chi connectivity index (χ0n) is 16.2. The Kier molecular flexibility index (Phi) is 4.84. The number of rotatable bonds is 5. The molecular formula is C25H19N5. The molecule has 144 valence electrons. The fraction of sp³-hybridized carbons (Fsp3) is 0.0400. The average Bonchev–Trinajstić information content (AvgIpc) is 2.83. The summed E-state index contributed by atoms with van der Waals surface area (Å²) >= 11 is 0. The molecule has 0 aliphatic rings. The van der Waals surface area contributed by atoms with Crippen LogP contribution >= 0.6 is 0 Å². The Labute approximate surface area is 174 Å². The summed E-state index contributed by atoms with van der Waals surface area (Å²) in [7, 11) is 0. The molecule has 3 heterocycles. The van der Waals surface area contributed by atoms with E-state index in [2.05, 4.69) is 33.5 Å². The van der Waals surface area contributed by atoms with E-state index in [1.54, 1.807) is 12.4 Å². The van der Waals surface area contributed by atoms with Gasteiger partial charge < -0.3 is 5.32 Å². The van der Waals surface area contributed by atoms with E-state index in [1.807, 2.05) is 66.7 Å². The maximum Gasteiger partial charge on any atom is 0.180 e. The molecule has 5 nitrogen and oxygen atoms in total. The van der Waals surface area contributed by atoms with Crippen molar-refractivity contribution in [3.63, 3.8) is 0 Å². The Bertz CT molecular complexity index is 1270. The Hall–Kier alpha value is -4.12. The second kappa shape index (κ2) is 8.09. The summed E-state index contributed by atoms with van der Waals surface area (Å²) in [5.74, 6) is 1.36. The standard InChI is InChI=1S/C25H19N5/c1-2-9-18(10-3-1)20-12-8-14-21-23(20)25(28-17-19-11-4-6-15-26-19)30-24(29-21)22-13-5-7-16-27-22/h1-16H,17H2,(H,28,29,30). The molecule has 0 aliphatic carbocycles. The zero-order chi connectivity index (χ0) is 20.2. The first-order valence-corrected chi connectivity index (χ1v) is 9.80. The first-order chi connectivity index (χ1) is 14.9. The van der Waals surface area contributed by atoms with Crippen molar-refractivity contribution in [1.82, 2.24) is 19.9 Å². The summed E-state index contributed by atoms with van der Waals surface area (Å²) in [6.07, 6.45) is 3.55. The van der Waals surface area contributed by atoms with Crippen LogP contribution in [0.1, 0.15) is 5.69 Å². The van der Waals surface area contributed by atoms with Crippen LogP contribution < -0.4 is 5.32 Å². The van der Waals surface area contributed by atoms with Gasteiger partial charge in [0.05, 0.1) is 23.1 Å². The maximum absolute atomic E-state index is 4.86. The molecule has 5 aromatic rings. The first-order valence-electron chi connectivity index (χ1n) is 9.80. The van der Waals surface area contributed by atoms with E-state index in [0.29, 0.717) is 12.4 Å². The SMILES string of the molecule is c1ccc(-c2cccc3nc(-c4ccccn4)nc(NCc4ccccn4)c23)cc1. The smallest absolute Gasteiger partial charge is 0.180 e. The van der Waals surface area contributed by atoms with Gasteiger partial charge in [0.15, 0.2) is 5.82 Å². The van der Waals surface area contributed by atoms with E-state index in [1.165, 1.54) is 0 Å². The van der Waals surface area contributed by atoms with Crippen molar-refractivity contribution in [3.05, 3.63) is 103 Å². The van der Waals surface area contributed by atoms with Crippen LogP contribution in [0.3, 0.4) is 0 Å². The van der Waals surface area contributed by atoms with Gasteiger partial charge in [-0.1, -0.05) is 54.6 Å². The summed E-state index contributed by atoms with van der Waals surface area (Å²) < 4.78 is 0. The molecule has 0 radical (unpaired) electrons. The zero-order valence-corrected chi connectivity index (χ0v) is 16.2. The number of aromatic nitrogens is 4. The van der Waals surface area contributed by atoms with Gasteiger partial charge in [0.25, 0.3) is 0 Å². The Balaban J connectivity index is 1.68. The van der Waals surface area contributed by atoms with Crippen LogP contribution in [0.15, 0.2) is 97.3 Å². The topological polar surface area (TPSA) is 63.6 Å². The number of benzene rings is 2. The molecule has 5 rings (SSSR count). The first kappa shape index (κ1) is 17.9. The third kappa shape index (κ3) is 3.61. The number of fused-ring (bicyclic) bond motifs is 1. The minimum absolute atomic E-state index is 0.567. The number of hydrogen-bond donors (Lipinski definition) is 1. The molecule has 2 aromatic carbocycles. The summed E-state index contributed by atoms with van der Waals surface area (Å²) in [6, 6.07) is 28.1. The lowest BCUT2D eigenvalue weighted by Crippen LogP contribution is -2.06. The molecule has 0 unspecified atom stereocenters. The summed E-state index contributed by atoms with van der Waals surface area (Å²) in [5.41, 5.74) is 4.77. The van der Waals surface area contributed by atoms with Crippen molar-refractivity contribution < 1.29 is 0 Å². The van der Waals surface area contributed by atoms with Gasteiger partial charge in [-0.05, 0) is 41.5 Å². The Morgan fingerprint density at radius 3 is 2.23 bits per heavy atom. The van der Waals surface area contributed by atoms with Gasteiger partial charge in [0.2, 0.25) is 0 Å². The summed E-state index contributed by atoms with van der Waals surface area (Å²) in [4.78, 5) is 18.5. The van der Waals surface area contributed by atoms with Crippen LogP contribution in [0.25, 0.3) is 33.5 Å². The average molecular weight is 389 g/mol. The molecule has 0 spiro atoms. The van der Waals surface area contributed by atoms with Crippen molar-refractivity contribution in [1.29, 1.82) is 0 Å². The number of hydrogen-bond acceptors (Lipinski definition) is 5. The molecule has 30 heavy (non-hydrogen) atoms. The maximum atomic E-state index is 4.86. The second-order valence-corrected chi connectivity index (χ2v) is 6.85. The van der Waals surface area contributed by atoms with E-state index < -0.39 is 0 Å². The van der Waals surface area contributed by atoms with E-state index in [-0.39, 0.29) is 0 Å². The quantitative estimate of drug-likeness (QED) is 0.438. The fourth-order valence-electron chi connectivity index (χ4n) is 3.46. The van der Waals surface area contributed by atoms with Gasteiger partial charge in [0.1, 0.15) is 11.5 Å². The van der Waals surface area contributed by atoms with Gasteiger partial charge in [-0.3, -0.25) is 9.97 Å². The predicted octanol–water partition coefficient (Wildman–Crippen LogP) is 5.37. The molecule has 3 aromatic heterocycles. The van der Waals surface area contributed by atoms with Crippen LogP contribution in [-0.4, -0.2) is 19.9 Å². The van der Waals surface area contributed by atoms with Crippen molar-refractivity contribution in [2.24, 2.45) is 0 Å². The minimum atomic E-state index is 0.567. The molecule has 0 fully saturated rings. The van der Waals surface area contributed by atoms with Gasteiger partial charge in [-0.15, -0.1) is 0 Å². The van der Waals surface area contributed by atoms with Crippen LogP contribution in [0.5, 0.6) is 0 Å². The lowest BCUT2D eigenvalue weighted by atomic mass is 10.0. The molecular weight excluding hydrogens is 370 g/mol. The third-order valence-corrected chi connectivity index (χ3v) is 4.87. The highest BCUT2D eigenvalue weighted by Crippen LogP contribution is 2.33. The largest absolute Gasteiger partial charge is 0.364 e. The molecule has 0 amide bonds.